The van der Waals surface area contributed by atoms with Crippen molar-refractivity contribution in [2.24, 2.45) is 0 Å². The lowest BCUT2D eigenvalue weighted by Crippen LogP contribution is -2.49. The fourth-order valence-electron chi connectivity index (χ4n) is 0.727. The van der Waals surface area contributed by atoms with Gasteiger partial charge in [0.2, 0.25) is 0 Å². The third kappa shape index (κ3) is 5.51. The molecule has 1 amide bonds. The summed E-state index contributed by atoms with van der Waals surface area (Å²) >= 11 is 0. The van der Waals surface area contributed by atoms with E-state index in [-0.39, 0.29) is 0 Å². The van der Waals surface area contributed by atoms with Crippen molar-refractivity contribution < 1.29 is 23.4 Å². The molecule has 1 unspecified atom stereocenters. The highest BCUT2D eigenvalue weighted by atomic mass is 19.3. The molecule has 2 N–H and O–H groups in total. The number of alkyl halides is 2. The van der Waals surface area contributed by atoms with Crippen LogP contribution in [0.4, 0.5) is 13.6 Å². The lowest BCUT2D eigenvalue weighted by Gasteiger charge is -2.25. The van der Waals surface area contributed by atoms with Gasteiger partial charge in [-0.3, -0.25) is 0 Å². The van der Waals surface area contributed by atoms with Crippen molar-refractivity contribution in [2.75, 3.05) is 6.61 Å². The molecule has 0 radical (unpaired) electrons. The van der Waals surface area contributed by atoms with E-state index >= 15 is 0 Å². The molecule has 0 saturated carbocycles. The van der Waals surface area contributed by atoms with Crippen LogP contribution in [0, 0.1) is 0 Å². The number of ether oxygens (including phenoxy) is 1. The maximum atomic E-state index is 12.8. The van der Waals surface area contributed by atoms with Crippen LogP contribution >= 0.6 is 0 Å². The van der Waals surface area contributed by atoms with E-state index in [2.05, 4.69) is 0 Å². The molecule has 6 heteroatoms. The van der Waals surface area contributed by atoms with Gasteiger partial charge in [0, 0.05) is 0 Å². The van der Waals surface area contributed by atoms with Gasteiger partial charge >= 0.3 is 6.09 Å². The molecule has 0 heterocycles. The van der Waals surface area contributed by atoms with Crippen LogP contribution in [0.15, 0.2) is 0 Å². The van der Waals surface area contributed by atoms with Crippen molar-refractivity contribution in [3.63, 3.8) is 0 Å². The average molecular weight is 225 g/mol. The largest absolute Gasteiger partial charge is 0.444 e. The summed E-state index contributed by atoms with van der Waals surface area (Å²) in [6.07, 6.45) is -0.928. The number of hydrogen-bond donors (Lipinski definition) is 2. The van der Waals surface area contributed by atoms with E-state index in [4.69, 9.17) is 9.84 Å². The summed E-state index contributed by atoms with van der Waals surface area (Å²) in [5.74, 6) is -3.35. The molecule has 0 saturated heterocycles. The van der Waals surface area contributed by atoms with Gasteiger partial charge in [-0.25, -0.2) is 13.6 Å². The fraction of sp³-hybridized carbons (Fsp3) is 0.889. The summed E-state index contributed by atoms with van der Waals surface area (Å²) in [6, 6.07) is -1.47. The first-order valence-corrected chi connectivity index (χ1v) is 4.56. The molecule has 0 aliphatic carbocycles. The Morgan fingerprint density at radius 2 is 1.93 bits per heavy atom. The van der Waals surface area contributed by atoms with E-state index in [1.807, 2.05) is 5.32 Å². The number of carbonyl (C=O) groups is 1. The Morgan fingerprint density at radius 3 is 2.27 bits per heavy atom. The van der Waals surface area contributed by atoms with E-state index < -0.39 is 30.3 Å². The number of rotatable bonds is 3. The Labute approximate surface area is 87.6 Å². The number of alkyl carbamates (subject to hydrolysis) is 1. The second-order valence-corrected chi connectivity index (χ2v) is 4.29. The second-order valence-electron chi connectivity index (χ2n) is 4.29. The molecule has 0 spiro atoms. The zero-order valence-corrected chi connectivity index (χ0v) is 9.30. The van der Waals surface area contributed by atoms with E-state index in [0.717, 1.165) is 6.92 Å². The highest BCUT2D eigenvalue weighted by Gasteiger charge is 2.37. The molecule has 0 aliphatic rings. The topological polar surface area (TPSA) is 58.6 Å². The molecular formula is C9H17F2NO3. The van der Waals surface area contributed by atoms with Crippen LogP contribution in [0.2, 0.25) is 0 Å². The zero-order chi connectivity index (χ0) is 12.3. The number of aliphatic hydroxyl groups excluding tert-OH is 1. The van der Waals surface area contributed by atoms with Gasteiger partial charge in [-0.05, 0) is 27.7 Å². The first-order valence-electron chi connectivity index (χ1n) is 4.56. The van der Waals surface area contributed by atoms with Crippen molar-refractivity contribution in [3.8, 4) is 0 Å². The van der Waals surface area contributed by atoms with Crippen LogP contribution < -0.4 is 5.32 Å². The summed E-state index contributed by atoms with van der Waals surface area (Å²) < 4.78 is 30.4. The van der Waals surface area contributed by atoms with Gasteiger partial charge in [-0.1, -0.05) is 0 Å². The maximum Gasteiger partial charge on any atom is 0.408 e. The molecule has 4 nitrogen and oxygen atoms in total. The molecule has 90 valence electrons. The SMILES string of the molecule is CC(NC(=O)OC(C)(C)C)C(F)(F)CO. The lowest BCUT2D eigenvalue weighted by atomic mass is 10.2. The van der Waals surface area contributed by atoms with Gasteiger partial charge in [0.15, 0.2) is 0 Å². The number of halogens is 2. The van der Waals surface area contributed by atoms with Gasteiger partial charge in [-0.2, -0.15) is 0 Å². The van der Waals surface area contributed by atoms with Crippen LogP contribution in [0.5, 0.6) is 0 Å². The first-order chi connectivity index (χ1) is 6.58. The van der Waals surface area contributed by atoms with E-state index in [9.17, 15) is 13.6 Å². The Balaban J connectivity index is 4.20. The standard InChI is InChI=1S/C9H17F2NO3/c1-6(9(10,11)5-13)12-7(14)15-8(2,3)4/h6,13H,5H2,1-4H3,(H,12,14). The van der Waals surface area contributed by atoms with Crippen LogP contribution in [-0.4, -0.2) is 35.4 Å². The Morgan fingerprint density at radius 1 is 1.47 bits per heavy atom. The van der Waals surface area contributed by atoms with Gasteiger partial charge in [-0.15, -0.1) is 0 Å². The van der Waals surface area contributed by atoms with E-state index in [1.54, 1.807) is 20.8 Å². The van der Waals surface area contributed by atoms with Gasteiger partial charge in [0.1, 0.15) is 12.2 Å². The van der Waals surface area contributed by atoms with Gasteiger partial charge < -0.3 is 15.2 Å². The average Bonchev–Trinajstić information content (AvgIpc) is 2.00. The summed E-state index contributed by atoms with van der Waals surface area (Å²) in [6.45, 7) is 4.66. The van der Waals surface area contributed by atoms with Crippen LogP contribution in [0.3, 0.4) is 0 Å². The number of aliphatic hydroxyl groups is 1. The minimum atomic E-state index is -3.35. The third-order valence-electron chi connectivity index (χ3n) is 1.58. The lowest BCUT2D eigenvalue weighted by molar-refractivity contribution is -0.0754. The predicted octanol–water partition coefficient (Wildman–Crippen LogP) is 1.53. The van der Waals surface area contributed by atoms with Crippen LogP contribution in [0.25, 0.3) is 0 Å². The quantitative estimate of drug-likeness (QED) is 0.765. The van der Waals surface area contributed by atoms with Crippen LogP contribution in [-0.2, 0) is 4.74 Å². The summed E-state index contributed by atoms with van der Waals surface area (Å²) in [7, 11) is 0. The molecule has 15 heavy (non-hydrogen) atoms. The number of carbonyl (C=O) groups excluding carboxylic acids is 1. The molecule has 0 rings (SSSR count). The molecular weight excluding hydrogens is 208 g/mol. The molecule has 1 atom stereocenters. The Hall–Kier alpha value is -0.910. The summed E-state index contributed by atoms with van der Waals surface area (Å²) in [5.41, 5.74) is -0.738. The maximum absolute atomic E-state index is 12.8. The number of nitrogens with one attached hydrogen (secondary N) is 1. The molecule has 0 aliphatic heterocycles. The predicted molar refractivity (Wildman–Crippen MR) is 50.9 cm³/mol. The Kier molecular flexibility index (Phi) is 4.45. The second kappa shape index (κ2) is 4.74. The zero-order valence-electron chi connectivity index (χ0n) is 9.30. The minimum absolute atomic E-state index is 0.738. The smallest absolute Gasteiger partial charge is 0.408 e. The highest BCUT2D eigenvalue weighted by Crippen LogP contribution is 2.17. The summed E-state index contributed by atoms with van der Waals surface area (Å²) in [4.78, 5) is 11.1. The number of amides is 1. The van der Waals surface area contributed by atoms with Crippen molar-refractivity contribution in [1.82, 2.24) is 5.32 Å². The van der Waals surface area contributed by atoms with Gasteiger partial charge in [0.25, 0.3) is 5.92 Å². The molecule has 0 aromatic heterocycles. The Bertz CT molecular complexity index is 226. The van der Waals surface area contributed by atoms with Crippen molar-refractivity contribution in [3.05, 3.63) is 0 Å². The van der Waals surface area contributed by atoms with E-state index in [1.165, 1.54) is 0 Å². The normalized spacial score (nSPS) is 14.6. The van der Waals surface area contributed by atoms with Crippen LogP contribution in [0.1, 0.15) is 27.7 Å². The van der Waals surface area contributed by atoms with Crippen molar-refractivity contribution in [2.45, 2.75) is 45.3 Å². The molecule has 0 bridgehead atoms. The summed E-state index contributed by atoms with van der Waals surface area (Å²) in [5, 5.41) is 10.3. The van der Waals surface area contributed by atoms with E-state index in [0.29, 0.717) is 0 Å². The van der Waals surface area contributed by atoms with Crippen molar-refractivity contribution >= 4 is 6.09 Å². The van der Waals surface area contributed by atoms with Crippen molar-refractivity contribution in [1.29, 1.82) is 0 Å². The first kappa shape index (κ1) is 14.1. The number of hydrogen-bond acceptors (Lipinski definition) is 3. The molecule has 0 fully saturated rings. The minimum Gasteiger partial charge on any atom is -0.444 e. The monoisotopic (exact) mass is 225 g/mol. The molecule has 0 aromatic rings. The third-order valence-corrected chi connectivity index (χ3v) is 1.58. The van der Waals surface area contributed by atoms with Gasteiger partial charge in [0.05, 0.1) is 6.04 Å². The molecule has 0 aromatic carbocycles. The fourth-order valence-corrected chi connectivity index (χ4v) is 0.727. The highest BCUT2D eigenvalue weighted by molar-refractivity contribution is 5.68.